The minimum Gasteiger partial charge on any atom is -0.385 e. The van der Waals surface area contributed by atoms with Crippen LogP contribution in [0.3, 0.4) is 0 Å². The normalized spacial score (nSPS) is 18.9. The van der Waals surface area contributed by atoms with E-state index < -0.39 is 10.0 Å². The molecule has 2 aliphatic heterocycles. The van der Waals surface area contributed by atoms with Crippen LogP contribution in [0.15, 0.2) is 53.4 Å². The smallest absolute Gasteiger partial charge is 0.243 e. The average Bonchev–Trinajstić information content (AvgIpc) is 2.84. The highest BCUT2D eigenvalue weighted by atomic mass is 35.5. The Kier molecular flexibility index (Phi) is 8.66. The van der Waals surface area contributed by atoms with E-state index in [1.807, 2.05) is 36.4 Å². The first-order valence-corrected chi connectivity index (χ1v) is 13.7. The molecular weight excluding hydrogens is 458 g/mol. The summed E-state index contributed by atoms with van der Waals surface area (Å²) in [5, 5.41) is 4.20. The molecule has 6 nitrogen and oxygen atoms in total. The number of hydrogen-bond donors (Lipinski definition) is 1. The van der Waals surface area contributed by atoms with Gasteiger partial charge in [-0.2, -0.15) is 4.31 Å². The molecule has 0 aromatic heterocycles. The summed E-state index contributed by atoms with van der Waals surface area (Å²) in [5.74, 6) is 0.660. The molecule has 0 radical (unpaired) electrons. The highest BCUT2D eigenvalue weighted by molar-refractivity contribution is 7.89. The largest absolute Gasteiger partial charge is 0.385 e. The molecule has 1 N–H and O–H groups in total. The van der Waals surface area contributed by atoms with E-state index in [2.05, 4.69) is 10.2 Å². The van der Waals surface area contributed by atoms with E-state index in [1.165, 1.54) is 22.7 Å². The molecule has 0 bridgehead atoms. The number of ether oxygens (including phenoxy) is 1. The van der Waals surface area contributed by atoms with Crippen molar-refractivity contribution in [2.24, 2.45) is 5.92 Å². The summed E-state index contributed by atoms with van der Waals surface area (Å²) in [5.41, 5.74) is 2.30. The molecule has 0 spiro atoms. The van der Waals surface area contributed by atoms with Crippen LogP contribution in [0.4, 0.5) is 5.69 Å². The molecule has 2 fully saturated rings. The molecule has 2 aromatic rings. The Morgan fingerprint density at radius 1 is 1.00 bits per heavy atom. The van der Waals surface area contributed by atoms with Crippen LogP contribution < -0.4 is 5.32 Å². The summed E-state index contributed by atoms with van der Waals surface area (Å²) in [6, 6.07) is 15.4. The lowest BCUT2D eigenvalue weighted by atomic mass is 9.90. The third-order valence-electron chi connectivity index (χ3n) is 6.57. The predicted octanol–water partition coefficient (Wildman–Crippen LogP) is 4.12. The third kappa shape index (κ3) is 6.93. The van der Waals surface area contributed by atoms with Crippen LogP contribution in [0, 0.1) is 5.92 Å². The van der Waals surface area contributed by atoms with Crippen molar-refractivity contribution < 1.29 is 13.2 Å². The number of anilines is 1. The molecule has 180 valence electrons. The topological polar surface area (TPSA) is 61.9 Å². The van der Waals surface area contributed by atoms with Gasteiger partial charge in [0.15, 0.2) is 0 Å². The summed E-state index contributed by atoms with van der Waals surface area (Å²) in [6.07, 6.45) is 4.50. The molecule has 2 aromatic carbocycles. The van der Waals surface area contributed by atoms with Crippen LogP contribution >= 0.6 is 11.6 Å². The quantitative estimate of drug-likeness (QED) is 0.535. The van der Waals surface area contributed by atoms with Gasteiger partial charge in [0.2, 0.25) is 10.0 Å². The Bertz CT molecular complexity index is 986. The standard InChI is InChI=1S/C25H34ClN3O3S/c26-23-3-1-4-24(20-23)27-11-2-12-28-13-9-22(10-14-28)19-21-5-7-25(8-6-21)33(30,31)29-15-17-32-18-16-29/h1,3-8,20,22,27H,2,9-19H2. The maximum absolute atomic E-state index is 12.8. The lowest BCUT2D eigenvalue weighted by Crippen LogP contribution is -2.40. The number of benzene rings is 2. The first-order valence-electron chi connectivity index (χ1n) is 11.9. The second-order valence-corrected chi connectivity index (χ2v) is 11.3. The average molecular weight is 492 g/mol. The molecule has 2 heterocycles. The van der Waals surface area contributed by atoms with Gasteiger partial charge in [-0.1, -0.05) is 29.8 Å². The second-order valence-electron chi connectivity index (χ2n) is 8.94. The van der Waals surface area contributed by atoms with E-state index >= 15 is 0 Å². The van der Waals surface area contributed by atoms with E-state index in [1.54, 1.807) is 12.1 Å². The Balaban J connectivity index is 1.17. The van der Waals surface area contributed by atoms with Gasteiger partial charge in [0.25, 0.3) is 0 Å². The molecule has 2 aliphatic rings. The number of likely N-dealkylation sites (tertiary alicyclic amines) is 1. The zero-order chi connectivity index (χ0) is 23.1. The number of hydrogen-bond acceptors (Lipinski definition) is 5. The van der Waals surface area contributed by atoms with Crippen molar-refractivity contribution in [1.82, 2.24) is 9.21 Å². The maximum Gasteiger partial charge on any atom is 0.243 e. The van der Waals surface area contributed by atoms with Gasteiger partial charge in [0.1, 0.15) is 0 Å². The minimum absolute atomic E-state index is 0.384. The van der Waals surface area contributed by atoms with E-state index in [0.29, 0.717) is 37.1 Å². The summed E-state index contributed by atoms with van der Waals surface area (Å²) in [4.78, 5) is 2.93. The van der Waals surface area contributed by atoms with Crippen molar-refractivity contribution in [2.45, 2.75) is 30.6 Å². The van der Waals surface area contributed by atoms with Gasteiger partial charge in [0, 0.05) is 30.3 Å². The summed E-state index contributed by atoms with van der Waals surface area (Å²) in [7, 11) is -3.42. The lowest BCUT2D eigenvalue weighted by Gasteiger charge is -2.32. The van der Waals surface area contributed by atoms with Crippen molar-refractivity contribution in [2.75, 3.05) is 57.8 Å². The van der Waals surface area contributed by atoms with Crippen molar-refractivity contribution in [1.29, 1.82) is 0 Å². The molecule has 0 amide bonds. The molecule has 33 heavy (non-hydrogen) atoms. The van der Waals surface area contributed by atoms with Crippen LogP contribution in [-0.4, -0.2) is 70.1 Å². The Morgan fingerprint density at radius 3 is 2.42 bits per heavy atom. The van der Waals surface area contributed by atoms with E-state index in [0.717, 1.165) is 49.7 Å². The number of nitrogens with zero attached hydrogens (tertiary/aromatic N) is 2. The molecule has 0 aliphatic carbocycles. The zero-order valence-electron chi connectivity index (χ0n) is 19.1. The van der Waals surface area contributed by atoms with E-state index in [-0.39, 0.29) is 0 Å². The maximum atomic E-state index is 12.8. The van der Waals surface area contributed by atoms with Gasteiger partial charge in [0.05, 0.1) is 18.1 Å². The van der Waals surface area contributed by atoms with Gasteiger partial charge >= 0.3 is 0 Å². The highest BCUT2D eigenvalue weighted by Crippen LogP contribution is 2.24. The molecule has 4 rings (SSSR count). The molecule has 0 atom stereocenters. The van der Waals surface area contributed by atoms with Crippen LogP contribution in [-0.2, 0) is 21.2 Å². The van der Waals surface area contributed by atoms with Gasteiger partial charge in [-0.3, -0.25) is 0 Å². The Labute approximate surface area is 202 Å². The van der Waals surface area contributed by atoms with Crippen molar-refractivity contribution in [3.05, 3.63) is 59.1 Å². The fourth-order valence-corrected chi connectivity index (χ4v) is 6.21. The number of sulfonamides is 1. The molecule has 0 unspecified atom stereocenters. The van der Waals surface area contributed by atoms with Crippen molar-refractivity contribution >= 4 is 27.3 Å². The molecule has 0 saturated carbocycles. The second kappa shape index (κ2) is 11.7. The predicted molar refractivity (Wildman–Crippen MR) is 133 cm³/mol. The number of nitrogens with one attached hydrogen (secondary N) is 1. The number of morpholine rings is 1. The number of rotatable bonds is 9. The number of piperidine rings is 1. The summed E-state index contributed by atoms with van der Waals surface area (Å²) in [6.45, 7) is 6.10. The third-order valence-corrected chi connectivity index (χ3v) is 8.72. The fraction of sp³-hybridized carbons (Fsp3) is 0.520. The first kappa shape index (κ1) is 24.5. The molecular formula is C25H34ClN3O3S. The van der Waals surface area contributed by atoms with E-state index in [9.17, 15) is 8.42 Å². The van der Waals surface area contributed by atoms with Gasteiger partial charge in [-0.15, -0.1) is 0 Å². The molecule has 8 heteroatoms. The molecule has 2 saturated heterocycles. The SMILES string of the molecule is O=S(=O)(c1ccc(CC2CCN(CCCNc3cccc(Cl)c3)CC2)cc1)N1CCOCC1. The van der Waals surface area contributed by atoms with Crippen LogP contribution in [0.5, 0.6) is 0 Å². The highest BCUT2D eigenvalue weighted by Gasteiger charge is 2.26. The Morgan fingerprint density at radius 2 is 1.73 bits per heavy atom. The minimum atomic E-state index is -3.42. The number of halogens is 1. The van der Waals surface area contributed by atoms with Gasteiger partial charge in [-0.25, -0.2) is 8.42 Å². The zero-order valence-corrected chi connectivity index (χ0v) is 20.7. The first-order chi connectivity index (χ1) is 16.0. The Hall–Kier alpha value is -1.64. The monoisotopic (exact) mass is 491 g/mol. The fourth-order valence-electron chi connectivity index (χ4n) is 4.61. The van der Waals surface area contributed by atoms with Gasteiger partial charge < -0.3 is 15.0 Å². The van der Waals surface area contributed by atoms with Crippen LogP contribution in [0.25, 0.3) is 0 Å². The van der Waals surface area contributed by atoms with Crippen molar-refractivity contribution in [3.8, 4) is 0 Å². The van der Waals surface area contributed by atoms with Gasteiger partial charge in [-0.05, 0) is 87.1 Å². The van der Waals surface area contributed by atoms with Crippen LogP contribution in [0.1, 0.15) is 24.8 Å². The van der Waals surface area contributed by atoms with Crippen molar-refractivity contribution in [3.63, 3.8) is 0 Å². The summed E-state index contributed by atoms with van der Waals surface area (Å²) < 4.78 is 32.4. The summed E-state index contributed by atoms with van der Waals surface area (Å²) >= 11 is 6.03. The lowest BCUT2D eigenvalue weighted by molar-refractivity contribution is 0.0730. The van der Waals surface area contributed by atoms with E-state index in [4.69, 9.17) is 16.3 Å². The van der Waals surface area contributed by atoms with Crippen LogP contribution in [0.2, 0.25) is 5.02 Å².